The van der Waals surface area contributed by atoms with Crippen molar-refractivity contribution in [3.63, 3.8) is 0 Å². The van der Waals surface area contributed by atoms with Crippen molar-refractivity contribution >= 4 is 24.0 Å². The van der Waals surface area contributed by atoms with Gasteiger partial charge in [-0.15, -0.1) is 12.4 Å². The molecule has 8 heteroatoms. The number of nitro groups is 1. The molecule has 0 aliphatic carbocycles. The first-order valence-electron chi connectivity index (χ1n) is 6.12. The second-order valence-corrected chi connectivity index (χ2v) is 4.69. The van der Waals surface area contributed by atoms with E-state index in [9.17, 15) is 14.9 Å². The predicted molar refractivity (Wildman–Crippen MR) is 76.2 cm³/mol. The number of hydrogen-bond donors (Lipinski definition) is 1. The molecule has 2 rings (SSSR count). The van der Waals surface area contributed by atoms with Gasteiger partial charge in [0.15, 0.2) is 0 Å². The predicted octanol–water partition coefficient (Wildman–Crippen LogP) is 1.15. The van der Waals surface area contributed by atoms with Crippen molar-refractivity contribution in [2.24, 2.45) is 0 Å². The van der Waals surface area contributed by atoms with Crippen LogP contribution in [0.4, 0.5) is 5.69 Å². The fourth-order valence-electron chi connectivity index (χ4n) is 2.13. The summed E-state index contributed by atoms with van der Waals surface area (Å²) in [6.07, 6.45) is 1.17. The fraction of sp³-hybridized carbons (Fsp3) is 0.500. The van der Waals surface area contributed by atoms with Crippen molar-refractivity contribution in [1.82, 2.24) is 15.2 Å². The maximum atomic E-state index is 12.4. The molecule has 20 heavy (non-hydrogen) atoms. The first-order valence-corrected chi connectivity index (χ1v) is 6.12. The van der Waals surface area contributed by atoms with Crippen molar-refractivity contribution in [2.75, 3.05) is 19.6 Å². The molecule has 0 saturated carbocycles. The van der Waals surface area contributed by atoms with Crippen LogP contribution < -0.4 is 5.32 Å². The standard InChI is InChI=1S/C12H16N4O3.ClH/c1-8-7-15(4-3-13-8)12(17)11-5-10(16(18)19)6-14-9(11)2;/h5-6,8,13H,3-4,7H2,1-2H3;1H. The molecule has 1 aliphatic heterocycles. The van der Waals surface area contributed by atoms with Crippen LogP contribution in [0.3, 0.4) is 0 Å². The Balaban J connectivity index is 0.00000200. The van der Waals surface area contributed by atoms with Gasteiger partial charge in [-0.1, -0.05) is 0 Å². The zero-order chi connectivity index (χ0) is 14.0. The smallest absolute Gasteiger partial charge is 0.288 e. The van der Waals surface area contributed by atoms with E-state index < -0.39 is 4.92 Å². The molecule has 1 fully saturated rings. The summed E-state index contributed by atoms with van der Waals surface area (Å²) < 4.78 is 0. The molecule has 1 saturated heterocycles. The number of pyridine rings is 1. The Morgan fingerprint density at radius 2 is 2.30 bits per heavy atom. The van der Waals surface area contributed by atoms with Crippen LogP contribution in [0.25, 0.3) is 0 Å². The third-order valence-electron chi connectivity index (χ3n) is 3.17. The van der Waals surface area contributed by atoms with Gasteiger partial charge in [0.1, 0.15) is 6.20 Å². The highest BCUT2D eigenvalue weighted by Gasteiger charge is 2.24. The third-order valence-corrected chi connectivity index (χ3v) is 3.17. The van der Waals surface area contributed by atoms with E-state index in [1.165, 1.54) is 12.3 Å². The van der Waals surface area contributed by atoms with E-state index in [2.05, 4.69) is 10.3 Å². The van der Waals surface area contributed by atoms with Gasteiger partial charge in [0.25, 0.3) is 11.6 Å². The van der Waals surface area contributed by atoms with Gasteiger partial charge in [-0.2, -0.15) is 0 Å². The lowest BCUT2D eigenvalue weighted by Gasteiger charge is -2.32. The van der Waals surface area contributed by atoms with Crippen LogP contribution in [-0.4, -0.2) is 46.4 Å². The summed E-state index contributed by atoms with van der Waals surface area (Å²) in [7, 11) is 0. The SMILES string of the molecule is Cc1ncc([N+](=O)[O-])cc1C(=O)N1CCNC(C)C1.Cl. The van der Waals surface area contributed by atoms with Crippen molar-refractivity contribution in [2.45, 2.75) is 19.9 Å². The monoisotopic (exact) mass is 300 g/mol. The lowest BCUT2D eigenvalue weighted by atomic mass is 10.1. The Bertz CT molecular complexity index is 523. The van der Waals surface area contributed by atoms with Gasteiger partial charge in [0, 0.05) is 31.7 Å². The molecule has 0 spiro atoms. The molecule has 110 valence electrons. The molecule has 1 unspecified atom stereocenters. The molecule has 1 atom stereocenters. The van der Waals surface area contributed by atoms with E-state index >= 15 is 0 Å². The zero-order valence-corrected chi connectivity index (χ0v) is 12.1. The lowest BCUT2D eigenvalue weighted by molar-refractivity contribution is -0.385. The summed E-state index contributed by atoms with van der Waals surface area (Å²) >= 11 is 0. The lowest BCUT2D eigenvalue weighted by Crippen LogP contribution is -2.51. The number of nitrogens with zero attached hydrogens (tertiary/aromatic N) is 3. The zero-order valence-electron chi connectivity index (χ0n) is 11.3. The van der Waals surface area contributed by atoms with Crippen molar-refractivity contribution in [3.05, 3.63) is 33.6 Å². The highest BCUT2D eigenvalue weighted by Crippen LogP contribution is 2.17. The number of hydrogen-bond acceptors (Lipinski definition) is 5. The van der Waals surface area contributed by atoms with Crippen LogP contribution in [-0.2, 0) is 0 Å². The molecular formula is C12H17ClN4O3. The Morgan fingerprint density at radius 1 is 1.60 bits per heavy atom. The van der Waals surface area contributed by atoms with E-state index in [-0.39, 0.29) is 30.0 Å². The highest BCUT2D eigenvalue weighted by molar-refractivity contribution is 5.95. The number of nitrogens with one attached hydrogen (secondary N) is 1. The van der Waals surface area contributed by atoms with Gasteiger partial charge in [-0.3, -0.25) is 19.9 Å². The minimum Gasteiger partial charge on any atom is -0.336 e. The van der Waals surface area contributed by atoms with E-state index in [4.69, 9.17) is 0 Å². The summed E-state index contributed by atoms with van der Waals surface area (Å²) in [5.74, 6) is -0.193. The number of rotatable bonds is 2. The van der Waals surface area contributed by atoms with Crippen LogP contribution in [0, 0.1) is 17.0 Å². The number of halogens is 1. The van der Waals surface area contributed by atoms with Crippen molar-refractivity contribution < 1.29 is 9.72 Å². The molecule has 1 aromatic rings. The van der Waals surface area contributed by atoms with Gasteiger partial charge < -0.3 is 10.2 Å². The number of piperazine rings is 1. The average Bonchev–Trinajstić information content (AvgIpc) is 2.38. The van der Waals surface area contributed by atoms with E-state index in [1.54, 1.807) is 11.8 Å². The van der Waals surface area contributed by atoms with Crippen molar-refractivity contribution in [1.29, 1.82) is 0 Å². The minimum atomic E-state index is -0.538. The molecule has 2 heterocycles. The molecule has 0 aromatic carbocycles. The summed E-state index contributed by atoms with van der Waals surface area (Å²) in [5.41, 5.74) is 0.669. The Labute approximate surface area is 122 Å². The normalized spacial score (nSPS) is 18.3. The van der Waals surface area contributed by atoms with Crippen LogP contribution in [0.2, 0.25) is 0 Å². The molecular weight excluding hydrogens is 284 g/mol. The Kier molecular flexibility index (Phi) is 5.41. The van der Waals surface area contributed by atoms with E-state index in [1.807, 2.05) is 6.92 Å². The number of carbonyl (C=O) groups excluding carboxylic acids is 1. The van der Waals surface area contributed by atoms with Gasteiger partial charge in [0.2, 0.25) is 0 Å². The first-order chi connectivity index (χ1) is 8.99. The maximum Gasteiger partial charge on any atom is 0.288 e. The maximum absolute atomic E-state index is 12.4. The molecule has 1 aromatic heterocycles. The summed E-state index contributed by atoms with van der Waals surface area (Å²) in [5, 5.41) is 14.0. The molecule has 1 aliphatic rings. The number of aryl methyl sites for hydroxylation is 1. The molecule has 0 radical (unpaired) electrons. The Hall–Kier alpha value is -1.73. The summed E-state index contributed by atoms with van der Waals surface area (Å²) in [4.78, 5) is 28.2. The van der Waals surface area contributed by atoms with Gasteiger partial charge in [0.05, 0.1) is 16.2 Å². The molecule has 1 amide bonds. The minimum absolute atomic E-state index is 0. The van der Waals surface area contributed by atoms with Crippen LogP contribution in [0.15, 0.2) is 12.3 Å². The van der Waals surface area contributed by atoms with Crippen molar-refractivity contribution in [3.8, 4) is 0 Å². The summed E-state index contributed by atoms with van der Waals surface area (Å²) in [6, 6.07) is 1.53. The van der Waals surface area contributed by atoms with Gasteiger partial charge in [-0.05, 0) is 13.8 Å². The van der Waals surface area contributed by atoms with Gasteiger partial charge >= 0.3 is 0 Å². The van der Waals surface area contributed by atoms with Crippen LogP contribution in [0.5, 0.6) is 0 Å². The summed E-state index contributed by atoms with van der Waals surface area (Å²) in [6.45, 7) is 5.61. The molecule has 1 N–H and O–H groups in total. The number of carbonyl (C=O) groups is 1. The Morgan fingerprint density at radius 3 is 2.90 bits per heavy atom. The van der Waals surface area contributed by atoms with Crippen LogP contribution in [0.1, 0.15) is 23.0 Å². The van der Waals surface area contributed by atoms with Crippen LogP contribution >= 0.6 is 12.4 Å². The van der Waals surface area contributed by atoms with E-state index in [0.29, 0.717) is 24.3 Å². The van der Waals surface area contributed by atoms with E-state index in [0.717, 1.165) is 6.54 Å². The van der Waals surface area contributed by atoms with Gasteiger partial charge in [-0.25, -0.2) is 0 Å². The fourth-order valence-corrected chi connectivity index (χ4v) is 2.13. The highest BCUT2D eigenvalue weighted by atomic mass is 35.5. The third kappa shape index (κ3) is 3.43. The molecule has 0 bridgehead atoms. The second kappa shape index (κ2) is 6.62. The number of aromatic nitrogens is 1. The quantitative estimate of drug-likeness (QED) is 0.654. The first kappa shape index (κ1) is 16.3. The topological polar surface area (TPSA) is 88.4 Å². The second-order valence-electron chi connectivity index (χ2n) is 4.69. The largest absolute Gasteiger partial charge is 0.336 e. The average molecular weight is 301 g/mol. The molecule has 7 nitrogen and oxygen atoms in total. The number of amides is 1.